The molecule has 0 radical (unpaired) electrons. The van der Waals surface area contributed by atoms with Crippen LogP contribution in [-0.4, -0.2) is 130 Å². The maximum atomic E-state index is 13.7. The van der Waals surface area contributed by atoms with E-state index in [1.165, 1.54) is 0 Å². The fourth-order valence-electron chi connectivity index (χ4n) is 14.9. The van der Waals surface area contributed by atoms with Gasteiger partial charge < -0.3 is 52.1 Å². The highest BCUT2D eigenvalue weighted by molar-refractivity contribution is 5.78. The van der Waals surface area contributed by atoms with Crippen molar-refractivity contribution in [3.05, 3.63) is 11.6 Å². The molecule has 2 aliphatic heterocycles. The smallest absolute Gasteiger partial charge is 0.312 e. The highest BCUT2D eigenvalue weighted by Crippen LogP contribution is 2.76. The molecule has 0 unspecified atom stereocenters. The number of rotatable bonds is 12. The van der Waals surface area contributed by atoms with E-state index in [-0.39, 0.29) is 64.4 Å². The van der Waals surface area contributed by atoms with Crippen molar-refractivity contribution >= 4 is 5.97 Å². The Balaban J connectivity index is 1.14. The summed E-state index contributed by atoms with van der Waals surface area (Å²) in [6, 6.07) is 0. The quantitative estimate of drug-likeness (QED) is 0.110. The predicted molar refractivity (Wildman–Crippen MR) is 225 cm³/mol. The Morgan fingerprint density at radius 3 is 2.00 bits per heavy atom. The van der Waals surface area contributed by atoms with Crippen LogP contribution in [0.4, 0.5) is 0 Å². The van der Waals surface area contributed by atoms with Gasteiger partial charge in [-0.05, 0) is 109 Å². The monoisotopic (exact) mass is 849 g/mol. The largest absolute Gasteiger partial charge is 0.469 e. The zero-order chi connectivity index (χ0) is 43.6. The molecule has 5 aliphatic carbocycles. The first-order valence-electron chi connectivity index (χ1n) is 22.9. The van der Waals surface area contributed by atoms with Gasteiger partial charge in [0, 0.05) is 42.7 Å². The molecule has 12 heteroatoms. The third kappa shape index (κ3) is 7.29. The van der Waals surface area contributed by atoms with Crippen LogP contribution in [0, 0.1) is 50.2 Å². The Bertz CT molecular complexity index is 1550. The molecule has 344 valence electrons. The molecule has 0 N–H and O–H groups in total. The lowest BCUT2D eigenvalue weighted by molar-refractivity contribution is -0.368. The van der Waals surface area contributed by atoms with Gasteiger partial charge >= 0.3 is 5.97 Å². The van der Waals surface area contributed by atoms with Gasteiger partial charge in [0.15, 0.2) is 12.6 Å². The average Bonchev–Trinajstić information content (AvgIpc) is 3.21. The molecule has 60 heavy (non-hydrogen) atoms. The second-order valence-electron chi connectivity index (χ2n) is 21.7. The van der Waals surface area contributed by atoms with Crippen molar-refractivity contribution in [1.29, 1.82) is 0 Å². The molecule has 4 saturated carbocycles. The van der Waals surface area contributed by atoms with E-state index < -0.39 is 54.6 Å². The van der Waals surface area contributed by atoms with E-state index in [1.54, 1.807) is 55.3 Å². The molecule has 12 nitrogen and oxygen atoms in total. The number of ether oxygens (including phenoxy) is 11. The molecule has 0 aromatic heterocycles. The van der Waals surface area contributed by atoms with Gasteiger partial charge in [0.2, 0.25) is 0 Å². The molecule has 0 spiro atoms. The first kappa shape index (κ1) is 46.8. The SMILES string of the molecule is COC[C@H]1O[C@@H](O[C@H]2CC[C@]3(C)[C@H]4CC=C5[C@@H]6CC(C)(C)CC[C@]6(C(=O)OC)CC[C@@]5(C)[C@]4(C)CC[C@H]3C2(C)C)[C@H](OC)[C@@H](O[C@@H]2OC[C@H](OC)[C@H](OC)[C@H]2OC)[C@@H]1OC. The summed E-state index contributed by atoms with van der Waals surface area (Å²) in [7, 11) is 11.5. The van der Waals surface area contributed by atoms with Crippen LogP contribution >= 0.6 is 0 Å². The summed E-state index contributed by atoms with van der Waals surface area (Å²) in [5.41, 5.74) is 1.44. The minimum atomic E-state index is -0.783. The first-order chi connectivity index (χ1) is 28.4. The zero-order valence-electron chi connectivity index (χ0n) is 39.5. The molecule has 0 bridgehead atoms. The number of allylic oxidation sites excluding steroid dienone is 2. The van der Waals surface area contributed by atoms with E-state index in [2.05, 4.69) is 54.5 Å². The van der Waals surface area contributed by atoms with Crippen molar-refractivity contribution in [1.82, 2.24) is 0 Å². The lowest BCUT2D eigenvalue weighted by Gasteiger charge is -2.71. The molecule has 0 aromatic rings. The predicted octanol–water partition coefficient (Wildman–Crippen LogP) is 7.53. The molecule has 2 saturated heterocycles. The van der Waals surface area contributed by atoms with Crippen molar-refractivity contribution in [2.75, 3.05) is 63.0 Å². The number of carbonyl (C=O) groups excluding carboxylic acids is 1. The van der Waals surface area contributed by atoms with Crippen LogP contribution in [0.5, 0.6) is 0 Å². The van der Waals surface area contributed by atoms with Gasteiger partial charge in [-0.15, -0.1) is 0 Å². The summed E-state index contributed by atoms with van der Waals surface area (Å²) < 4.78 is 68.1. The van der Waals surface area contributed by atoms with E-state index in [4.69, 9.17) is 52.1 Å². The van der Waals surface area contributed by atoms with Gasteiger partial charge in [-0.3, -0.25) is 4.79 Å². The van der Waals surface area contributed by atoms with Crippen LogP contribution in [0.25, 0.3) is 0 Å². The Morgan fingerprint density at radius 2 is 1.37 bits per heavy atom. The van der Waals surface area contributed by atoms with Gasteiger partial charge in [0.1, 0.15) is 42.7 Å². The maximum absolute atomic E-state index is 13.7. The van der Waals surface area contributed by atoms with Crippen LogP contribution in [0.15, 0.2) is 11.6 Å². The maximum Gasteiger partial charge on any atom is 0.312 e. The van der Waals surface area contributed by atoms with Crippen molar-refractivity contribution in [3.63, 3.8) is 0 Å². The third-order valence-electron chi connectivity index (χ3n) is 18.5. The van der Waals surface area contributed by atoms with Gasteiger partial charge in [-0.25, -0.2) is 0 Å². The summed E-state index contributed by atoms with van der Waals surface area (Å²) in [5, 5.41) is 0. The second-order valence-corrected chi connectivity index (χ2v) is 21.7. The average molecular weight is 849 g/mol. The molecule has 17 atom stereocenters. The first-order valence-corrected chi connectivity index (χ1v) is 22.9. The lowest BCUT2D eigenvalue weighted by Crippen LogP contribution is -2.67. The molecular formula is C48H80O12. The van der Waals surface area contributed by atoms with Crippen molar-refractivity contribution in [3.8, 4) is 0 Å². The highest BCUT2D eigenvalue weighted by atomic mass is 16.8. The normalized spacial score (nSPS) is 48.4. The van der Waals surface area contributed by atoms with Gasteiger partial charge in [0.05, 0.1) is 31.8 Å². The summed E-state index contributed by atoms with van der Waals surface area (Å²) >= 11 is 0. The lowest BCUT2D eigenvalue weighted by atomic mass is 9.33. The van der Waals surface area contributed by atoms with Crippen LogP contribution in [0.2, 0.25) is 0 Å². The van der Waals surface area contributed by atoms with E-state index in [0.29, 0.717) is 11.8 Å². The standard InChI is InChI=1S/C48H80O12/c1-43(2)21-23-48(42(49)56-14)24-22-46(6)28(29(48)25-43)15-16-33-45(5)19-18-34(44(3,4)32(45)17-20-47(33,46)7)59-41-39(55-13)37(36(53-11)31(58-41)26-50-8)60-40-38(54-12)35(52-10)30(51-9)27-57-40/h15,29-41H,16-27H2,1-14H3/t29-,30-,31+,32-,33+,34-,35-,36+,37-,38+,39+,40-,41-,45-,46+,47+,48-/m0/s1. The van der Waals surface area contributed by atoms with Crippen molar-refractivity contribution < 1.29 is 56.9 Å². The van der Waals surface area contributed by atoms with Gasteiger partial charge in [-0.2, -0.15) is 0 Å². The summed E-state index contributed by atoms with van der Waals surface area (Å²) in [6.07, 6.45) is 7.70. The van der Waals surface area contributed by atoms with E-state index in [0.717, 1.165) is 64.2 Å². The minimum Gasteiger partial charge on any atom is -0.469 e. The van der Waals surface area contributed by atoms with Gasteiger partial charge in [-0.1, -0.05) is 60.1 Å². The zero-order valence-corrected chi connectivity index (χ0v) is 39.5. The van der Waals surface area contributed by atoms with Crippen molar-refractivity contribution in [2.24, 2.45) is 50.2 Å². The topological polar surface area (TPSA) is 119 Å². The van der Waals surface area contributed by atoms with Crippen LogP contribution in [0.1, 0.15) is 113 Å². The van der Waals surface area contributed by atoms with Crippen LogP contribution < -0.4 is 0 Å². The van der Waals surface area contributed by atoms with Crippen LogP contribution in [-0.2, 0) is 56.9 Å². The molecule has 7 rings (SSSR count). The summed E-state index contributed by atoms with van der Waals surface area (Å²) in [4.78, 5) is 13.7. The Labute approximate surface area is 361 Å². The Morgan fingerprint density at radius 1 is 0.700 bits per heavy atom. The summed E-state index contributed by atoms with van der Waals surface area (Å²) in [6.45, 7) is 18.0. The van der Waals surface area contributed by atoms with Gasteiger partial charge in [0.25, 0.3) is 0 Å². The molecule has 2 heterocycles. The highest BCUT2D eigenvalue weighted by Gasteiger charge is 2.70. The molecular weight excluding hydrogens is 769 g/mol. The number of hydrogen-bond acceptors (Lipinski definition) is 12. The molecule has 0 aromatic carbocycles. The van der Waals surface area contributed by atoms with Crippen molar-refractivity contribution in [2.45, 2.75) is 174 Å². The van der Waals surface area contributed by atoms with E-state index in [9.17, 15) is 4.79 Å². The minimum absolute atomic E-state index is 0.0113. The number of hydrogen-bond donors (Lipinski definition) is 0. The molecule has 7 aliphatic rings. The molecule has 0 amide bonds. The number of esters is 1. The number of fused-ring (bicyclic) bond motifs is 7. The summed E-state index contributed by atoms with van der Waals surface area (Å²) in [5.74, 6) is 1.20. The third-order valence-corrected chi connectivity index (χ3v) is 18.5. The Kier molecular flexibility index (Phi) is 13.5. The van der Waals surface area contributed by atoms with E-state index >= 15 is 0 Å². The fraction of sp³-hybridized carbons (Fsp3) is 0.938. The van der Waals surface area contributed by atoms with E-state index in [1.807, 2.05) is 0 Å². The number of methoxy groups -OCH3 is 7. The second kappa shape index (κ2) is 17.3. The van der Waals surface area contributed by atoms with Crippen LogP contribution in [0.3, 0.4) is 0 Å². The molecule has 6 fully saturated rings. The number of carbonyl (C=O) groups is 1. The fourth-order valence-corrected chi connectivity index (χ4v) is 14.9. The Hall–Kier alpha value is -1.19.